The Morgan fingerprint density at radius 1 is 0.909 bits per heavy atom. The van der Waals surface area contributed by atoms with Gasteiger partial charge in [-0.25, -0.2) is 4.79 Å². The number of nitrogens with one attached hydrogen (secondary N) is 2. The first-order chi connectivity index (χ1) is 10.7. The van der Waals surface area contributed by atoms with E-state index in [0.29, 0.717) is 12.1 Å². The van der Waals surface area contributed by atoms with Crippen LogP contribution in [0.5, 0.6) is 0 Å². The maximum absolute atomic E-state index is 12.0. The molecule has 2 N–H and O–H groups in total. The molecule has 0 unspecified atom stereocenters. The Morgan fingerprint density at radius 2 is 1.50 bits per heavy atom. The molecule has 1 aliphatic heterocycles. The molecule has 0 bridgehead atoms. The summed E-state index contributed by atoms with van der Waals surface area (Å²) in [6.45, 7) is 4.68. The number of hydrogen-bond donors (Lipinski definition) is 2. The molecule has 0 spiro atoms. The van der Waals surface area contributed by atoms with Crippen molar-refractivity contribution in [3.63, 3.8) is 0 Å². The smallest absolute Gasteiger partial charge is 0.315 e. The van der Waals surface area contributed by atoms with Crippen molar-refractivity contribution >= 4 is 6.03 Å². The van der Waals surface area contributed by atoms with Crippen LogP contribution in [0.4, 0.5) is 4.79 Å². The Bertz CT molecular complexity index is 385. The standard InChI is InChI=1S/C18H31N3O/c1-14-6-8-17(9-7-14)21-12-10-16(11-13-21)20-18(22)19-15-4-2-3-5-15/h2-3,14-17H,4-13H2,1H3,(H2,19,20,22). The van der Waals surface area contributed by atoms with Gasteiger partial charge in [-0.05, 0) is 57.3 Å². The third-order valence-electron chi connectivity index (χ3n) is 5.71. The Morgan fingerprint density at radius 3 is 2.14 bits per heavy atom. The van der Waals surface area contributed by atoms with Crippen molar-refractivity contribution < 1.29 is 4.79 Å². The lowest BCUT2D eigenvalue weighted by Crippen LogP contribution is -2.51. The third-order valence-corrected chi connectivity index (χ3v) is 5.71. The van der Waals surface area contributed by atoms with Gasteiger partial charge in [0.15, 0.2) is 0 Å². The summed E-state index contributed by atoms with van der Waals surface area (Å²) in [4.78, 5) is 14.7. The van der Waals surface area contributed by atoms with Crippen LogP contribution in [-0.2, 0) is 0 Å². The first kappa shape index (κ1) is 15.9. The van der Waals surface area contributed by atoms with Gasteiger partial charge in [-0.1, -0.05) is 19.1 Å². The second kappa shape index (κ2) is 7.49. The second-order valence-electron chi connectivity index (χ2n) is 7.48. The van der Waals surface area contributed by atoms with Gasteiger partial charge in [-0.2, -0.15) is 0 Å². The molecule has 4 nitrogen and oxygen atoms in total. The SMILES string of the molecule is CC1CCC(N2CCC(NC(=O)NC3CC=CC3)CC2)CC1. The van der Waals surface area contributed by atoms with E-state index in [1.807, 2.05) is 0 Å². The number of hydrogen-bond acceptors (Lipinski definition) is 2. The number of amides is 2. The number of urea groups is 1. The van der Waals surface area contributed by atoms with Gasteiger partial charge in [-0.15, -0.1) is 0 Å². The van der Waals surface area contributed by atoms with E-state index >= 15 is 0 Å². The zero-order chi connectivity index (χ0) is 15.4. The summed E-state index contributed by atoms with van der Waals surface area (Å²) in [5, 5.41) is 6.25. The summed E-state index contributed by atoms with van der Waals surface area (Å²) in [6, 6.07) is 1.49. The molecule has 0 aromatic heterocycles. The van der Waals surface area contributed by atoms with E-state index in [0.717, 1.165) is 50.7 Å². The number of carbonyl (C=O) groups is 1. The van der Waals surface area contributed by atoms with Crippen LogP contribution in [0.15, 0.2) is 12.2 Å². The van der Waals surface area contributed by atoms with Crippen LogP contribution in [0.2, 0.25) is 0 Å². The molecule has 3 rings (SSSR count). The maximum Gasteiger partial charge on any atom is 0.315 e. The maximum atomic E-state index is 12.0. The topological polar surface area (TPSA) is 44.4 Å². The minimum atomic E-state index is 0.0265. The first-order valence-corrected chi connectivity index (χ1v) is 9.17. The molecule has 2 aliphatic carbocycles. The lowest BCUT2D eigenvalue weighted by Gasteiger charge is -2.40. The van der Waals surface area contributed by atoms with Gasteiger partial charge in [0, 0.05) is 31.2 Å². The lowest BCUT2D eigenvalue weighted by atomic mass is 9.85. The fourth-order valence-corrected chi connectivity index (χ4v) is 4.16. The first-order valence-electron chi connectivity index (χ1n) is 9.17. The minimum Gasteiger partial charge on any atom is -0.335 e. The average Bonchev–Trinajstić information content (AvgIpc) is 3.02. The van der Waals surface area contributed by atoms with Crippen LogP contribution < -0.4 is 10.6 Å². The highest BCUT2D eigenvalue weighted by Gasteiger charge is 2.28. The Kier molecular flexibility index (Phi) is 5.40. The van der Waals surface area contributed by atoms with E-state index in [1.54, 1.807) is 0 Å². The summed E-state index contributed by atoms with van der Waals surface area (Å²) in [6.07, 6.45) is 14.0. The van der Waals surface area contributed by atoms with Crippen LogP contribution in [0.1, 0.15) is 58.3 Å². The zero-order valence-corrected chi connectivity index (χ0v) is 13.9. The quantitative estimate of drug-likeness (QED) is 0.787. The minimum absolute atomic E-state index is 0.0265. The summed E-state index contributed by atoms with van der Waals surface area (Å²) in [5.74, 6) is 0.921. The molecule has 1 saturated heterocycles. The van der Waals surface area contributed by atoms with Gasteiger partial charge in [-0.3, -0.25) is 0 Å². The monoisotopic (exact) mass is 305 g/mol. The van der Waals surface area contributed by atoms with Crippen molar-refractivity contribution in [3.8, 4) is 0 Å². The van der Waals surface area contributed by atoms with Crippen molar-refractivity contribution in [1.29, 1.82) is 0 Å². The van der Waals surface area contributed by atoms with Gasteiger partial charge in [0.1, 0.15) is 0 Å². The van der Waals surface area contributed by atoms with Crippen LogP contribution in [-0.4, -0.2) is 42.1 Å². The summed E-state index contributed by atoms with van der Waals surface area (Å²) < 4.78 is 0. The van der Waals surface area contributed by atoms with E-state index in [4.69, 9.17) is 0 Å². The molecule has 0 atom stereocenters. The van der Waals surface area contributed by atoms with Crippen molar-refractivity contribution in [2.45, 2.75) is 76.4 Å². The molecule has 0 aromatic carbocycles. The molecule has 2 amide bonds. The van der Waals surface area contributed by atoms with Crippen LogP contribution >= 0.6 is 0 Å². The van der Waals surface area contributed by atoms with Gasteiger partial charge < -0.3 is 15.5 Å². The Balaban J connectivity index is 1.35. The summed E-state index contributed by atoms with van der Waals surface area (Å²) >= 11 is 0. The molecule has 1 saturated carbocycles. The average molecular weight is 305 g/mol. The fourth-order valence-electron chi connectivity index (χ4n) is 4.16. The number of likely N-dealkylation sites (tertiary alicyclic amines) is 1. The van der Waals surface area contributed by atoms with Crippen LogP contribution in [0.25, 0.3) is 0 Å². The molecule has 124 valence electrons. The molecule has 22 heavy (non-hydrogen) atoms. The number of nitrogens with zero attached hydrogens (tertiary/aromatic N) is 1. The fraction of sp³-hybridized carbons (Fsp3) is 0.833. The van der Waals surface area contributed by atoms with Gasteiger partial charge in [0.2, 0.25) is 0 Å². The number of rotatable bonds is 3. The number of piperidine rings is 1. The van der Waals surface area contributed by atoms with E-state index in [1.165, 1.54) is 25.7 Å². The van der Waals surface area contributed by atoms with Crippen molar-refractivity contribution in [2.75, 3.05) is 13.1 Å². The van der Waals surface area contributed by atoms with Crippen LogP contribution in [0, 0.1) is 5.92 Å². The van der Waals surface area contributed by atoms with Crippen molar-refractivity contribution in [1.82, 2.24) is 15.5 Å². The Hall–Kier alpha value is -1.03. The second-order valence-corrected chi connectivity index (χ2v) is 7.48. The molecule has 4 heteroatoms. The largest absolute Gasteiger partial charge is 0.335 e. The predicted octanol–water partition coefficient (Wildman–Crippen LogP) is 3.05. The molecule has 1 heterocycles. The lowest BCUT2D eigenvalue weighted by molar-refractivity contribution is 0.106. The van der Waals surface area contributed by atoms with E-state index in [9.17, 15) is 4.79 Å². The zero-order valence-electron chi connectivity index (χ0n) is 13.9. The van der Waals surface area contributed by atoms with Crippen LogP contribution in [0.3, 0.4) is 0 Å². The highest BCUT2D eigenvalue weighted by Crippen LogP contribution is 2.28. The van der Waals surface area contributed by atoms with E-state index in [2.05, 4.69) is 34.6 Å². The third kappa shape index (κ3) is 4.25. The molecule has 2 fully saturated rings. The number of carbonyl (C=O) groups excluding carboxylic acids is 1. The normalized spacial score (nSPS) is 31.3. The van der Waals surface area contributed by atoms with Gasteiger partial charge >= 0.3 is 6.03 Å². The van der Waals surface area contributed by atoms with Gasteiger partial charge in [0.05, 0.1) is 0 Å². The molecule has 0 aromatic rings. The summed E-state index contributed by atoms with van der Waals surface area (Å²) in [7, 11) is 0. The highest BCUT2D eigenvalue weighted by molar-refractivity contribution is 5.74. The van der Waals surface area contributed by atoms with Crippen molar-refractivity contribution in [2.24, 2.45) is 5.92 Å². The molecule has 0 radical (unpaired) electrons. The van der Waals surface area contributed by atoms with E-state index in [-0.39, 0.29) is 6.03 Å². The highest BCUT2D eigenvalue weighted by atomic mass is 16.2. The van der Waals surface area contributed by atoms with Crippen molar-refractivity contribution in [3.05, 3.63) is 12.2 Å². The summed E-state index contributed by atoms with van der Waals surface area (Å²) in [5.41, 5.74) is 0. The molecular formula is C18H31N3O. The van der Waals surface area contributed by atoms with Gasteiger partial charge in [0.25, 0.3) is 0 Å². The Labute approximate surface area is 134 Å². The predicted molar refractivity (Wildman–Crippen MR) is 89.8 cm³/mol. The van der Waals surface area contributed by atoms with E-state index < -0.39 is 0 Å². The molecular weight excluding hydrogens is 274 g/mol. The molecule has 3 aliphatic rings.